The van der Waals surface area contributed by atoms with Gasteiger partial charge in [-0.3, -0.25) is 0 Å². The Morgan fingerprint density at radius 3 is 2.88 bits per heavy atom. The molecule has 2 heteroatoms. The summed E-state index contributed by atoms with van der Waals surface area (Å²) in [5.74, 6) is 0.834. The van der Waals surface area contributed by atoms with Crippen molar-refractivity contribution in [1.29, 1.82) is 0 Å². The zero-order chi connectivity index (χ0) is 11.8. The van der Waals surface area contributed by atoms with Gasteiger partial charge in [-0.15, -0.1) is 0 Å². The van der Waals surface area contributed by atoms with E-state index in [-0.39, 0.29) is 6.29 Å². The van der Waals surface area contributed by atoms with E-state index < -0.39 is 0 Å². The molecule has 0 amide bonds. The van der Waals surface area contributed by atoms with E-state index in [1.165, 1.54) is 0 Å². The Hall–Kier alpha value is -1.28. The smallest absolute Gasteiger partial charge is 0.199 e. The van der Waals surface area contributed by atoms with Gasteiger partial charge in [0, 0.05) is 13.5 Å². The first-order valence-electron chi connectivity index (χ1n) is 5.72. The Morgan fingerprint density at radius 2 is 2.25 bits per heavy atom. The van der Waals surface area contributed by atoms with Gasteiger partial charge in [0.2, 0.25) is 0 Å². The lowest BCUT2D eigenvalue weighted by Crippen LogP contribution is -2.18. The van der Waals surface area contributed by atoms with Gasteiger partial charge in [-0.2, -0.15) is 0 Å². The van der Waals surface area contributed by atoms with Crippen LogP contribution >= 0.6 is 0 Å². The molecule has 0 aliphatic carbocycles. The summed E-state index contributed by atoms with van der Waals surface area (Å²) >= 11 is 0. The SMILES string of the molecule is C=Cc1cccc(OC(CCCC)OC)c1. The minimum absolute atomic E-state index is 0.153. The maximum atomic E-state index is 5.74. The van der Waals surface area contributed by atoms with Crippen LogP contribution < -0.4 is 4.74 Å². The van der Waals surface area contributed by atoms with E-state index in [1.807, 2.05) is 24.3 Å². The summed E-state index contributed by atoms with van der Waals surface area (Å²) in [5.41, 5.74) is 1.06. The van der Waals surface area contributed by atoms with Crippen molar-refractivity contribution in [3.05, 3.63) is 36.4 Å². The van der Waals surface area contributed by atoms with Gasteiger partial charge in [-0.1, -0.05) is 38.1 Å². The molecule has 0 fully saturated rings. The fourth-order valence-corrected chi connectivity index (χ4v) is 1.46. The second-order valence-electron chi connectivity index (χ2n) is 3.70. The van der Waals surface area contributed by atoms with E-state index in [4.69, 9.17) is 9.47 Å². The quantitative estimate of drug-likeness (QED) is 0.649. The lowest BCUT2D eigenvalue weighted by Gasteiger charge is -2.17. The number of hydrogen-bond donors (Lipinski definition) is 0. The van der Waals surface area contributed by atoms with Gasteiger partial charge in [0.05, 0.1) is 0 Å². The summed E-state index contributed by atoms with van der Waals surface area (Å²) < 4.78 is 11.0. The molecule has 0 saturated carbocycles. The Kier molecular flexibility index (Phi) is 5.65. The van der Waals surface area contributed by atoms with E-state index in [9.17, 15) is 0 Å². The molecule has 1 aromatic rings. The van der Waals surface area contributed by atoms with E-state index in [2.05, 4.69) is 13.5 Å². The molecular weight excluding hydrogens is 200 g/mol. The second kappa shape index (κ2) is 7.07. The number of hydrogen-bond acceptors (Lipinski definition) is 2. The Balaban J connectivity index is 2.58. The summed E-state index contributed by atoms with van der Waals surface area (Å²) in [4.78, 5) is 0. The number of ether oxygens (including phenoxy) is 2. The van der Waals surface area contributed by atoms with Gasteiger partial charge in [-0.25, -0.2) is 0 Å². The Bertz CT molecular complexity index is 320. The molecule has 16 heavy (non-hydrogen) atoms. The van der Waals surface area contributed by atoms with Gasteiger partial charge in [0.25, 0.3) is 0 Å². The summed E-state index contributed by atoms with van der Waals surface area (Å²) in [5, 5.41) is 0. The average Bonchev–Trinajstić information content (AvgIpc) is 2.34. The van der Waals surface area contributed by atoms with Crippen LogP contribution in [0.3, 0.4) is 0 Å². The highest BCUT2D eigenvalue weighted by Gasteiger charge is 2.07. The fraction of sp³-hybridized carbons (Fsp3) is 0.429. The molecule has 0 aliphatic heterocycles. The standard InChI is InChI=1S/C14H20O2/c1-4-6-10-14(15-3)16-13-9-7-8-12(5-2)11-13/h5,7-9,11,14H,2,4,6,10H2,1,3H3. The van der Waals surface area contributed by atoms with Crippen molar-refractivity contribution in [1.82, 2.24) is 0 Å². The van der Waals surface area contributed by atoms with E-state index in [0.29, 0.717) is 0 Å². The molecule has 0 bridgehead atoms. The van der Waals surface area contributed by atoms with Crippen LogP contribution in [-0.4, -0.2) is 13.4 Å². The molecule has 0 heterocycles. The largest absolute Gasteiger partial charge is 0.465 e. The van der Waals surface area contributed by atoms with Gasteiger partial charge in [-0.05, 0) is 24.1 Å². The highest BCUT2D eigenvalue weighted by molar-refractivity contribution is 5.49. The first-order chi connectivity index (χ1) is 7.80. The van der Waals surface area contributed by atoms with Crippen LogP contribution in [0.2, 0.25) is 0 Å². The highest BCUT2D eigenvalue weighted by atomic mass is 16.7. The monoisotopic (exact) mass is 220 g/mol. The van der Waals surface area contributed by atoms with E-state index in [0.717, 1.165) is 30.6 Å². The molecule has 1 unspecified atom stereocenters. The molecule has 1 atom stereocenters. The van der Waals surface area contributed by atoms with Crippen LogP contribution in [0, 0.1) is 0 Å². The molecule has 0 spiro atoms. The van der Waals surface area contributed by atoms with Gasteiger partial charge >= 0.3 is 0 Å². The van der Waals surface area contributed by atoms with Crippen LogP contribution in [0.4, 0.5) is 0 Å². The molecule has 0 aromatic heterocycles. The third-order valence-electron chi connectivity index (χ3n) is 2.42. The van der Waals surface area contributed by atoms with Crippen LogP contribution in [0.15, 0.2) is 30.8 Å². The molecule has 1 aromatic carbocycles. The number of methoxy groups -OCH3 is 1. The third kappa shape index (κ3) is 4.07. The van der Waals surface area contributed by atoms with Crippen molar-refractivity contribution < 1.29 is 9.47 Å². The van der Waals surface area contributed by atoms with Crippen LogP contribution in [0.25, 0.3) is 6.08 Å². The minimum atomic E-state index is -0.153. The maximum Gasteiger partial charge on any atom is 0.199 e. The average molecular weight is 220 g/mol. The molecule has 1 rings (SSSR count). The number of benzene rings is 1. The molecule has 88 valence electrons. The second-order valence-corrected chi connectivity index (χ2v) is 3.70. The molecule has 0 aliphatic rings. The van der Waals surface area contributed by atoms with E-state index in [1.54, 1.807) is 13.2 Å². The lowest BCUT2D eigenvalue weighted by molar-refractivity contribution is -0.0592. The summed E-state index contributed by atoms with van der Waals surface area (Å²) in [6, 6.07) is 7.85. The van der Waals surface area contributed by atoms with Gasteiger partial charge in [0.1, 0.15) is 5.75 Å². The predicted molar refractivity (Wildman–Crippen MR) is 67.5 cm³/mol. The molecular formula is C14H20O2. The summed E-state index contributed by atoms with van der Waals surface area (Å²) in [6.07, 6.45) is 4.83. The Morgan fingerprint density at radius 1 is 1.44 bits per heavy atom. The van der Waals surface area contributed by atoms with Crippen molar-refractivity contribution in [2.75, 3.05) is 7.11 Å². The van der Waals surface area contributed by atoms with Crippen molar-refractivity contribution in [3.8, 4) is 5.75 Å². The lowest BCUT2D eigenvalue weighted by atomic mass is 10.2. The number of unbranched alkanes of at least 4 members (excludes halogenated alkanes) is 1. The predicted octanol–water partition coefficient (Wildman–Crippen LogP) is 3.87. The van der Waals surface area contributed by atoms with Crippen LogP contribution in [0.5, 0.6) is 5.75 Å². The van der Waals surface area contributed by atoms with Gasteiger partial charge < -0.3 is 9.47 Å². The zero-order valence-electron chi connectivity index (χ0n) is 10.1. The Labute approximate surface area is 97.9 Å². The molecule has 0 saturated heterocycles. The van der Waals surface area contributed by atoms with Crippen molar-refractivity contribution >= 4 is 6.08 Å². The fourth-order valence-electron chi connectivity index (χ4n) is 1.46. The number of rotatable bonds is 7. The summed E-state index contributed by atoms with van der Waals surface area (Å²) in [7, 11) is 1.68. The topological polar surface area (TPSA) is 18.5 Å². The van der Waals surface area contributed by atoms with Crippen LogP contribution in [0.1, 0.15) is 31.7 Å². The molecule has 2 nitrogen and oxygen atoms in total. The van der Waals surface area contributed by atoms with Crippen molar-refractivity contribution in [2.45, 2.75) is 32.5 Å². The van der Waals surface area contributed by atoms with Crippen LogP contribution in [-0.2, 0) is 4.74 Å². The zero-order valence-corrected chi connectivity index (χ0v) is 10.1. The third-order valence-corrected chi connectivity index (χ3v) is 2.42. The normalized spacial score (nSPS) is 12.1. The molecule has 0 radical (unpaired) electrons. The minimum Gasteiger partial charge on any atom is -0.465 e. The highest BCUT2D eigenvalue weighted by Crippen LogP contribution is 2.17. The van der Waals surface area contributed by atoms with E-state index >= 15 is 0 Å². The first kappa shape index (κ1) is 12.8. The van der Waals surface area contributed by atoms with Crippen molar-refractivity contribution in [2.24, 2.45) is 0 Å². The van der Waals surface area contributed by atoms with Gasteiger partial charge in [0.15, 0.2) is 6.29 Å². The first-order valence-corrected chi connectivity index (χ1v) is 5.72. The maximum absolute atomic E-state index is 5.74. The summed E-state index contributed by atoms with van der Waals surface area (Å²) in [6.45, 7) is 5.89. The molecule has 0 N–H and O–H groups in total. The van der Waals surface area contributed by atoms with Crippen molar-refractivity contribution in [3.63, 3.8) is 0 Å².